The monoisotopic (exact) mass is 530 g/mol. The number of hydrogen-bond donors (Lipinski definition) is 2. The lowest BCUT2D eigenvalue weighted by Gasteiger charge is -2.34. The average Bonchev–Trinajstić information content (AvgIpc) is 2.75. The molecule has 8 nitrogen and oxygen atoms in total. The summed E-state index contributed by atoms with van der Waals surface area (Å²) in [5.74, 6) is 2.52. The minimum Gasteiger partial charge on any atom is -0.375 e. The Morgan fingerprint density at radius 3 is 2.77 bits per heavy atom. The van der Waals surface area contributed by atoms with Crippen molar-refractivity contribution < 1.29 is 9.53 Å². The van der Waals surface area contributed by atoms with Crippen LogP contribution < -0.4 is 15.5 Å². The first-order valence-corrected chi connectivity index (χ1v) is 10.6. The molecule has 3 rings (SSSR count). The van der Waals surface area contributed by atoms with Crippen molar-refractivity contribution in [1.82, 2.24) is 20.5 Å². The summed E-state index contributed by atoms with van der Waals surface area (Å²) < 4.78 is 5.63. The van der Waals surface area contributed by atoms with Gasteiger partial charge in [-0.1, -0.05) is 0 Å². The Bertz CT molecular complexity index is 708. The minimum absolute atomic E-state index is 0. The summed E-state index contributed by atoms with van der Waals surface area (Å²) in [4.78, 5) is 25.2. The lowest BCUT2D eigenvalue weighted by atomic mass is 9.93. The molecule has 0 saturated carbocycles. The molecule has 1 atom stereocenters. The maximum atomic E-state index is 11.6. The molecular weight excluding hydrogens is 495 g/mol. The zero-order valence-electron chi connectivity index (χ0n) is 18.3. The van der Waals surface area contributed by atoms with Crippen LogP contribution in [-0.4, -0.2) is 74.7 Å². The first-order chi connectivity index (χ1) is 14.1. The number of carbonyl (C=O) groups is 1. The third kappa shape index (κ3) is 6.97. The van der Waals surface area contributed by atoms with E-state index in [0.717, 1.165) is 57.4 Å². The third-order valence-corrected chi connectivity index (χ3v) is 5.70. The van der Waals surface area contributed by atoms with Crippen LogP contribution >= 0.6 is 24.0 Å². The molecule has 3 heterocycles. The van der Waals surface area contributed by atoms with Crippen LogP contribution in [0.25, 0.3) is 0 Å². The molecule has 0 aliphatic carbocycles. The molecule has 0 spiro atoms. The number of likely N-dealkylation sites (tertiary alicyclic amines) is 1. The Morgan fingerprint density at radius 1 is 1.33 bits per heavy atom. The van der Waals surface area contributed by atoms with Crippen molar-refractivity contribution in [2.45, 2.75) is 38.8 Å². The highest BCUT2D eigenvalue weighted by atomic mass is 127. The van der Waals surface area contributed by atoms with Gasteiger partial charge >= 0.3 is 0 Å². The summed E-state index contributed by atoms with van der Waals surface area (Å²) in [6.45, 7) is 7.15. The molecule has 2 fully saturated rings. The lowest BCUT2D eigenvalue weighted by Crippen LogP contribution is -2.45. The number of piperidine rings is 1. The number of amides is 1. The number of carbonyl (C=O) groups excluding carboxylic acids is 1. The molecule has 1 aromatic rings. The number of rotatable bonds is 5. The SMILES string of the molecule is CN=C(NCc1ccnc(N2CCOC(C)C2)c1)N1CCC(CC(=O)NC)CC1.I. The van der Waals surface area contributed by atoms with Crippen molar-refractivity contribution in [3.63, 3.8) is 0 Å². The fourth-order valence-electron chi connectivity index (χ4n) is 4.00. The van der Waals surface area contributed by atoms with E-state index >= 15 is 0 Å². The molecule has 168 valence electrons. The highest BCUT2D eigenvalue weighted by Gasteiger charge is 2.23. The Labute approximate surface area is 196 Å². The van der Waals surface area contributed by atoms with Crippen LogP contribution in [0, 0.1) is 5.92 Å². The first-order valence-electron chi connectivity index (χ1n) is 10.6. The summed E-state index contributed by atoms with van der Waals surface area (Å²) in [7, 11) is 3.53. The predicted molar refractivity (Wildman–Crippen MR) is 130 cm³/mol. The average molecular weight is 530 g/mol. The summed E-state index contributed by atoms with van der Waals surface area (Å²) in [5.41, 5.74) is 1.18. The van der Waals surface area contributed by atoms with Crippen molar-refractivity contribution in [3.05, 3.63) is 23.9 Å². The quantitative estimate of drug-likeness (QED) is 0.344. The third-order valence-electron chi connectivity index (χ3n) is 5.70. The first kappa shape index (κ1) is 24.6. The molecular formula is C21H35IN6O2. The zero-order valence-corrected chi connectivity index (χ0v) is 20.6. The number of aliphatic imine (C=N–C) groups is 1. The van der Waals surface area contributed by atoms with E-state index in [1.165, 1.54) is 5.56 Å². The van der Waals surface area contributed by atoms with Crippen LogP contribution in [0.5, 0.6) is 0 Å². The largest absolute Gasteiger partial charge is 0.375 e. The van der Waals surface area contributed by atoms with Gasteiger partial charge in [-0.15, -0.1) is 24.0 Å². The van der Waals surface area contributed by atoms with Gasteiger partial charge in [-0.2, -0.15) is 0 Å². The van der Waals surface area contributed by atoms with Gasteiger partial charge < -0.3 is 25.2 Å². The van der Waals surface area contributed by atoms with E-state index in [2.05, 4.69) is 43.4 Å². The highest BCUT2D eigenvalue weighted by Crippen LogP contribution is 2.21. The Kier molecular flexibility index (Phi) is 10.1. The maximum Gasteiger partial charge on any atom is 0.220 e. The molecule has 0 aromatic carbocycles. The van der Waals surface area contributed by atoms with Crippen LogP contribution in [0.3, 0.4) is 0 Å². The second-order valence-corrected chi connectivity index (χ2v) is 7.86. The number of anilines is 1. The van der Waals surface area contributed by atoms with Gasteiger partial charge in [-0.25, -0.2) is 4.98 Å². The molecule has 9 heteroatoms. The predicted octanol–water partition coefficient (Wildman–Crippen LogP) is 1.85. The lowest BCUT2D eigenvalue weighted by molar-refractivity contribution is -0.121. The van der Waals surface area contributed by atoms with E-state index in [-0.39, 0.29) is 36.0 Å². The summed E-state index contributed by atoms with van der Waals surface area (Å²) in [5, 5.41) is 6.21. The minimum atomic E-state index is 0. The fraction of sp³-hybridized carbons (Fsp3) is 0.667. The summed E-state index contributed by atoms with van der Waals surface area (Å²) in [6, 6.07) is 4.19. The van der Waals surface area contributed by atoms with Crippen molar-refractivity contribution >= 4 is 41.7 Å². The van der Waals surface area contributed by atoms with E-state index in [1.807, 2.05) is 19.3 Å². The van der Waals surface area contributed by atoms with E-state index in [0.29, 0.717) is 18.9 Å². The van der Waals surface area contributed by atoms with E-state index in [1.54, 1.807) is 7.05 Å². The van der Waals surface area contributed by atoms with Gasteiger partial charge in [0.2, 0.25) is 5.91 Å². The van der Waals surface area contributed by atoms with Crippen LogP contribution in [0.2, 0.25) is 0 Å². The molecule has 1 unspecified atom stereocenters. The number of ether oxygens (including phenoxy) is 1. The molecule has 2 N–H and O–H groups in total. The molecule has 2 aliphatic rings. The second kappa shape index (κ2) is 12.3. The number of pyridine rings is 1. The van der Waals surface area contributed by atoms with Crippen molar-refractivity contribution in [2.75, 3.05) is 51.8 Å². The van der Waals surface area contributed by atoms with Crippen LogP contribution in [0.4, 0.5) is 5.82 Å². The highest BCUT2D eigenvalue weighted by molar-refractivity contribution is 14.0. The normalized spacial score (nSPS) is 20.5. The van der Waals surface area contributed by atoms with Gasteiger partial charge in [-0.3, -0.25) is 9.79 Å². The number of nitrogens with zero attached hydrogens (tertiary/aromatic N) is 4. The molecule has 1 aromatic heterocycles. The topological polar surface area (TPSA) is 82.1 Å². The van der Waals surface area contributed by atoms with Crippen molar-refractivity contribution in [2.24, 2.45) is 10.9 Å². The maximum absolute atomic E-state index is 11.6. The van der Waals surface area contributed by atoms with Gasteiger partial charge in [0.1, 0.15) is 5.82 Å². The van der Waals surface area contributed by atoms with E-state index in [9.17, 15) is 4.79 Å². The van der Waals surface area contributed by atoms with Crippen LogP contribution in [0.1, 0.15) is 31.7 Å². The van der Waals surface area contributed by atoms with Crippen molar-refractivity contribution in [3.8, 4) is 0 Å². The number of guanidine groups is 1. The van der Waals surface area contributed by atoms with Gasteiger partial charge in [0, 0.05) is 59.4 Å². The zero-order chi connectivity index (χ0) is 20.6. The molecule has 1 amide bonds. The smallest absolute Gasteiger partial charge is 0.220 e. The standard InChI is InChI=1S/C21H34N6O2.HI/c1-16-15-27(10-11-29-16)19-12-18(4-7-24-19)14-25-21(23-3)26-8-5-17(6-9-26)13-20(28)22-2;/h4,7,12,16-17H,5-6,8-11,13-15H2,1-3H3,(H,22,28)(H,23,25);1H. The van der Waals surface area contributed by atoms with Crippen molar-refractivity contribution in [1.29, 1.82) is 0 Å². The molecule has 2 saturated heterocycles. The van der Waals surface area contributed by atoms with Gasteiger partial charge in [-0.05, 0) is 43.4 Å². The van der Waals surface area contributed by atoms with E-state index in [4.69, 9.17) is 4.74 Å². The summed E-state index contributed by atoms with van der Waals surface area (Å²) in [6.07, 6.45) is 4.76. The summed E-state index contributed by atoms with van der Waals surface area (Å²) >= 11 is 0. The molecule has 30 heavy (non-hydrogen) atoms. The van der Waals surface area contributed by atoms with Gasteiger partial charge in [0.25, 0.3) is 0 Å². The Balaban J connectivity index is 0.00000320. The Hall–Kier alpha value is -1.62. The number of aromatic nitrogens is 1. The number of morpholine rings is 1. The fourth-order valence-corrected chi connectivity index (χ4v) is 4.00. The number of nitrogens with one attached hydrogen (secondary N) is 2. The molecule has 2 aliphatic heterocycles. The number of halogens is 1. The molecule has 0 radical (unpaired) electrons. The van der Waals surface area contributed by atoms with Gasteiger partial charge in [0.15, 0.2) is 5.96 Å². The molecule has 0 bridgehead atoms. The second-order valence-electron chi connectivity index (χ2n) is 7.86. The Morgan fingerprint density at radius 2 is 2.10 bits per heavy atom. The van der Waals surface area contributed by atoms with Crippen LogP contribution in [-0.2, 0) is 16.1 Å². The van der Waals surface area contributed by atoms with Gasteiger partial charge in [0.05, 0.1) is 12.7 Å². The van der Waals surface area contributed by atoms with Crippen LogP contribution in [0.15, 0.2) is 23.3 Å². The van der Waals surface area contributed by atoms with E-state index < -0.39 is 0 Å². The number of hydrogen-bond acceptors (Lipinski definition) is 5.